The largest absolute Gasteiger partial charge is 0.328 e. The maximum atomic E-state index is 11.7. The number of benzene rings is 1. The summed E-state index contributed by atoms with van der Waals surface area (Å²) < 4.78 is 0. The zero-order valence-electron chi connectivity index (χ0n) is 9.50. The second kappa shape index (κ2) is 4.75. The second-order valence-electron chi connectivity index (χ2n) is 3.89. The lowest BCUT2D eigenvalue weighted by Gasteiger charge is -2.27. The number of carbonyl (C=O) groups is 2. The lowest BCUT2D eigenvalue weighted by molar-refractivity contribution is -0.120. The molecule has 1 fully saturated rings. The van der Waals surface area contributed by atoms with Crippen LogP contribution in [0.1, 0.15) is 18.9 Å². The maximum Gasteiger partial charge on any atom is 0.328 e. The van der Waals surface area contributed by atoms with Crippen LogP contribution in [0.5, 0.6) is 0 Å². The average molecular weight is 253 g/mol. The Morgan fingerprint density at radius 2 is 2.18 bits per heavy atom. The van der Waals surface area contributed by atoms with Crippen molar-refractivity contribution in [2.24, 2.45) is 0 Å². The SMILES string of the molecule is CCc1ccc(Cl)c(N2CCC(=O)NC2=O)c1. The summed E-state index contributed by atoms with van der Waals surface area (Å²) in [5.41, 5.74) is 1.77. The predicted octanol–water partition coefficient (Wildman–Crippen LogP) is 2.35. The summed E-state index contributed by atoms with van der Waals surface area (Å²) in [5, 5.41) is 2.80. The monoisotopic (exact) mass is 252 g/mol. The van der Waals surface area contributed by atoms with Gasteiger partial charge in [0.1, 0.15) is 0 Å². The van der Waals surface area contributed by atoms with Crippen LogP contribution >= 0.6 is 11.6 Å². The Hall–Kier alpha value is -1.55. The summed E-state index contributed by atoms with van der Waals surface area (Å²) in [6.45, 7) is 2.41. The molecule has 1 N–H and O–H groups in total. The average Bonchev–Trinajstić information content (AvgIpc) is 2.30. The normalized spacial score (nSPS) is 16.0. The van der Waals surface area contributed by atoms with Crippen LogP contribution in [-0.2, 0) is 11.2 Å². The van der Waals surface area contributed by atoms with Crippen LogP contribution in [0.25, 0.3) is 0 Å². The molecule has 1 aromatic carbocycles. The van der Waals surface area contributed by atoms with E-state index >= 15 is 0 Å². The van der Waals surface area contributed by atoms with Crippen LogP contribution < -0.4 is 10.2 Å². The van der Waals surface area contributed by atoms with E-state index < -0.39 is 6.03 Å². The van der Waals surface area contributed by atoms with E-state index in [9.17, 15) is 9.59 Å². The van der Waals surface area contributed by atoms with Crippen molar-refractivity contribution >= 4 is 29.2 Å². The first kappa shape index (κ1) is 11.9. The Bertz CT molecular complexity index is 474. The predicted molar refractivity (Wildman–Crippen MR) is 66.3 cm³/mol. The van der Waals surface area contributed by atoms with E-state index in [1.165, 1.54) is 4.90 Å². The van der Waals surface area contributed by atoms with Crippen molar-refractivity contribution in [1.29, 1.82) is 0 Å². The van der Waals surface area contributed by atoms with Crippen LogP contribution in [0.15, 0.2) is 18.2 Å². The topological polar surface area (TPSA) is 49.4 Å². The summed E-state index contributed by atoms with van der Waals surface area (Å²) >= 11 is 6.08. The number of nitrogens with one attached hydrogen (secondary N) is 1. The number of anilines is 1. The first-order chi connectivity index (χ1) is 8.11. The summed E-state index contributed by atoms with van der Waals surface area (Å²) in [6.07, 6.45) is 1.18. The van der Waals surface area contributed by atoms with Gasteiger partial charge in [-0.1, -0.05) is 24.6 Å². The highest BCUT2D eigenvalue weighted by Crippen LogP contribution is 2.28. The molecule has 17 heavy (non-hydrogen) atoms. The van der Waals surface area contributed by atoms with Crippen LogP contribution in [0, 0.1) is 0 Å². The van der Waals surface area contributed by atoms with Crippen LogP contribution in [0.2, 0.25) is 5.02 Å². The first-order valence-corrected chi connectivity index (χ1v) is 5.89. The quantitative estimate of drug-likeness (QED) is 0.878. The number of amides is 3. The minimum atomic E-state index is -0.406. The van der Waals surface area contributed by atoms with Crippen molar-refractivity contribution in [1.82, 2.24) is 5.32 Å². The fraction of sp³-hybridized carbons (Fsp3) is 0.333. The number of nitrogens with zero attached hydrogens (tertiary/aromatic N) is 1. The Labute approximate surface area is 105 Å². The first-order valence-electron chi connectivity index (χ1n) is 5.51. The molecule has 1 aromatic rings. The van der Waals surface area contributed by atoms with Gasteiger partial charge >= 0.3 is 6.03 Å². The molecule has 0 aromatic heterocycles. The number of urea groups is 1. The third kappa shape index (κ3) is 2.42. The smallest absolute Gasteiger partial charge is 0.292 e. The molecule has 1 aliphatic heterocycles. The Balaban J connectivity index is 2.33. The van der Waals surface area contributed by atoms with Crippen LogP contribution in [0.4, 0.5) is 10.5 Å². The molecule has 1 saturated heterocycles. The molecule has 0 saturated carbocycles. The number of halogens is 1. The lowest BCUT2D eigenvalue weighted by Crippen LogP contribution is -2.49. The third-order valence-corrected chi connectivity index (χ3v) is 3.08. The molecule has 0 radical (unpaired) electrons. The standard InChI is InChI=1S/C12H13ClN2O2/c1-2-8-3-4-9(13)10(7-8)15-6-5-11(16)14-12(15)17/h3-4,7H,2,5-6H2,1H3,(H,14,16,17). The van der Waals surface area contributed by atoms with Gasteiger partial charge in [0.05, 0.1) is 10.7 Å². The van der Waals surface area contributed by atoms with Crippen molar-refractivity contribution in [3.05, 3.63) is 28.8 Å². The highest BCUT2D eigenvalue weighted by molar-refractivity contribution is 6.34. The number of hydrogen-bond donors (Lipinski definition) is 1. The molecule has 0 unspecified atom stereocenters. The lowest BCUT2D eigenvalue weighted by atomic mass is 10.1. The highest BCUT2D eigenvalue weighted by Gasteiger charge is 2.25. The van der Waals surface area contributed by atoms with Gasteiger partial charge in [-0.3, -0.25) is 15.0 Å². The van der Waals surface area contributed by atoms with Gasteiger partial charge in [0, 0.05) is 13.0 Å². The maximum absolute atomic E-state index is 11.7. The molecule has 0 atom stereocenters. The molecule has 5 heteroatoms. The minimum Gasteiger partial charge on any atom is -0.292 e. The third-order valence-electron chi connectivity index (χ3n) is 2.76. The summed E-state index contributed by atoms with van der Waals surface area (Å²) in [7, 11) is 0. The van der Waals surface area contributed by atoms with E-state index in [1.807, 2.05) is 19.1 Å². The van der Waals surface area contributed by atoms with Crippen molar-refractivity contribution in [2.75, 3.05) is 11.4 Å². The molecule has 1 aliphatic rings. The van der Waals surface area contributed by atoms with E-state index in [2.05, 4.69) is 5.32 Å². The number of imide groups is 1. The van der Waals surface area contributed by atoms with Gasteiger partial charge in [-0.05, 0) is 24.1 Å². The van der Waals surface area contributed by atoms with Gasteiger partial charge < -0.3 is 0 Å². The summed E-state index contributed by atoms with van der Waals surface area (Å²) in [6, 6.07) is 5.19. The molecule has 4 nitrogen and oxygen atoms in total. The molecular formula is C12H13ClN2O2. The van der Waals surface area contributed by atoms with Crippen LogP contribution in [0.3, 0.4) is 0 Å². The van der Waals surface area contributed by atoms with Crippen molar-refractivity contribution in [3.63, 3.8) is 0 Å². The summed E-state index contributed by atoms with van der Waals surface area (Å²) in [4.78, 5) is 24.3. The second-order valence-corrected chi connectivity index (χ2v) is 4.30. The van der Waals surface area contributed by atoms with Crippen molar-refractivity contribution in [3.8, 4) is 0 Å². The van der Waals surface area contributed by atoms with E-state index in [1.54, 1.807) is 6.07 Å². The Morgan fingerprint density at radius 1 is 1.41 bits per heavy atom. The zero-order valence-corrected chi connectivity index (χ0v) is 10.3. The highest BCUT2D eigenvalue weighted by atomic mass is 35.5. The van der Waals surface area contributed by atoms with Gasteiger partial charge in [0.2, 0.25) is 5.91 Å². The fourth-order valence-electron chi connectivity index (χ4n) is 1.78. The molecule has 0 bridgehead atoms. The number of rotatable bonds is 2. The van der Waals surface area contributed by atoms with Gasteiger partial charge in [-0.15, -0.1) is 0 Å². The number of hydrogen-bond acceptors (Lipinski definition) is 2. The molecule has 0 aliphatic carbocycles. The van der Waals surface area contributed by atoms with Gasteiger partial charge in [0.15, 0.2) is 0 Å². The van der Waals surface area contributed by atoms with E-state index in [0.717, 1.165) is 12.0 Å². The molecule has 90 valence electrons. The fourth-order valence-corrected chi connectivity index (χ4v) is 2.00. The van der Waals surface area contributed by atoms with Gasteiger partial charge in [-0.25, -0.2) is 4.79 Å². The molecule has 1 heterocycles. The molecule has 0 spiro atoms. The Kier molecular flexibility index (Phi) is 3.33. The van der Waals surface area contributed by atoms with E-state index in [4.69, 9.17) is 11.6 Å². The van der Waals surface area contributed by atoms with Gasteiger partial charge in [-0.2, -0.15) is 0 Å². The number of carbonyl (C=O) groups excluding carboxylic acids is 2. The molecule has 3 amide bonds. The minimum absolute atomic E-state index is 0.242. The Morgan fingerprint density at radius 3 is 2.82 bits per heavy atom. The van der Waals surface area contributed by atoms with E-state index in [-0.39, 0.29) is 5.91 Å². The van der Waals surface area contributed by atoms with Crippen LogP contribution in [-0.4, -0.2) is 18.5 Å². The zero-order chi connectivity index (χ0) is 12.4. The molecular weight excluding hydrogens is 240 g/mol. The number of aryl methyl sites for hydroxylation is 1. The van der Waals surface area contributed by atoms with Crippen molar-refractivity contribution in [2.45, 2.75) is 19.8 Å². The van der Waals surface area contributed by atoms with Gasteiger partial charge in [0.25, 0.3) is 0 Å². The van der Waals surface area contributed by atoms with E-state index in [0.29, 0.717) is 23.7 Å². The summed E-state index contributed by atoms with van der Waals surface area (Å²) in [5.74, 6) is -0.242. The molecule has 2 rings (SSSR count). The van der Waals surface area contributed by atoms with Crippen molar-refractivity contribution < 1.29 is 9.59 Å².